The summed E-state index contributed by atoms with van der Waals surface area (Å²) in [4.78, 5) is 0. The summed E-state index contributed by atoms with van der Waals surface area (Å²) in [7, 11) is 0. The number of nitrogens with zero attached hydrogens (tertiary/aromatic N) is 4. The number of nitrogen functional groups attached to an aromatic ring is 1. The number of hydrogen-bond acceptors (Lipinski definition) is 5. The lowest BCUT2D eigenvalue weighted by molar-refractivity contribution is 0.270. The van der Waals surface area contributed by atoms with E-state index in [-0.39, 0.29) is 35.8 Å². The van der Waals surface area contributed by atoms with Gasteiger partial charge < -0.3 is 10.8 Å². The van der Waals surface area contributed by atoms with Gasteiger partial charge in [-0.1, -0.05) is 29.8 Å². The maximum Gasteiger partial charge on any atom is 0.140 e. The van der Waals surface area contributed by atoms with Crippen molar-refractivity contribution in [3.05, 3.63) is 46.6 Å². The summed E-state index contributed by atoms with van der Waals surface area (Å²) in [5, 5.41) is 31.8. The number of aromatic nitrogens is 2. The summed E-state index contributed by atoms with van der Waals surface area (Å²) in [6, 6.07) is 11.7. The topological polar surface area (TPSA) is 112 Å². The maximum absolute atomic E-state index is 9.38. The van der Waals surface area contributed by atoms with Crippen molar-refractivity contribution in [2.45, 2.75) is 13.5 Å². The number of rotatable bonds is 4. The number of aryl methyl sites for hydroxylation is 1. The van der Waals surface area contributed by atoms with Gasteiger partial charge in [-0.05, 0) is 18.6 Å². The van der Waals surface area contributed by atoms with Crippen LogP contribution in [0.5, 0.6) is 0 Å². The van der Waals surface area contributed by atoms with Crippen molar-refractivity contribution in [2.24, 2.45) is 0 Å². The lowest BCUT2D eigenvalue weighted by atomic mass is 10.1. The Morgan fingerprint density at radius 3 is 2.59 bits per heavy atom. The molecular formula is C16H15N5O. The van der Waals surface area contributed by atoms with Crippen molar-refractivity contribution in [1.29, 1.82) is 10.5 Å². The molecule has 0 spiro atoms. The Balaban J connectivity index is 2.52. The van der Waals surface area contributed by atoms with Crippen LogP contribution in [-0.2, 0) is 6.54 Å². The van der Waals surface area contributed by atoms with Crippen LogP contribution < -0.4 is 5.73 Å². The lowest BCUT2D eigenvalue weighted by Crippen LogP contribution is -2.07. The molecule has 0 aliphatic rings. The molecule has 1 aromatic carbocycles. The van der Waals surface area contributed by atoms with Gasteiger partial charge in [-0.3, -0.25) is 0 Å². The first kappa shape index (κ1) is 15.3. The minimum Gasteiger partial charge on any atom is -0.394 e. The van der Waals surface area contributed by atoms with E-state index in [1.54, 1.807) is 6.08 Å². The number of allylic oxidation sites excluding steroid dienone is 1. The molecular weight excluding hydrogens is 278 g/mol. The highest BCUT2D eigenvalue weighted by atomic mass is 16.3. The van der Waals surface area contributed by atoms with Gasteiger partial charge in [0.05, 0.1) is 18.7 Å². The minimum absolute atomic E-state index is 0.147. The van der Waals surface area contributed by atoms with Gasteiger partial charge in [0.15, 0.2) is 0 Å². The molecule has 2 aromatic rings. The Morgan fingerprint density at radius 2 is 2.05 bits per heavy atom. The molecule has 0 amide bonds. The molecule has 0 saturated heterocycles. The fraction of sp³-hybridized carbons (Fsp3) is 0.188. The van der Waals surface area contributed by atoms with Crippen molar-refractivity contribution < 1.29 is 5.11 Å². The van der Waals surface area contributed by atoms with E-state index in [2.05, 4.69) is 11.2 Å². The van der Waals surface area contributed by atoms with Crippen LogP contribution in [0.4, 0.5) is 5.82 Å². The summed E-state index contributed by atoms with van der Waals surface area (Å²) >= 11 is 0. The van der Waals surface area contributed by atoms with Crippen LogP contribution in [0.25, 0.3) is 11.6 Å². The lowest BCUT2D eigenvalue weighted by Gasteiger charge is -1.99. The normalized spacial score (nSPS) is 11.0. The fourth-order valence-electron chi connectivity index (χ4n) is 2.02. The van der Waals surface area contributed by atoms with E-state index in [9.17, 15) is 10.5 Å². The summed E-state index contributed by atoms with van der Waals surface area (Å²) in [6.07, 6.45) is 1.66. The highest BCUT2D eigenvalue weighted by Crippen LogP contribution is 2.24. The summed E-state index contributed by atoms with van der Waals surface area (Å²) in [5.41, 5.74) is 8.42. The highest BCUT2D eigenvalue weighted by molar-refractivity contribution is 5.91. The fourth-order valence-corrected chi connectivity index (χ4v) is 2.02. The first-order valence-electron chi connectivity index (χ1n) is 6.66. The second-order valence-electron chi connectivity index (χ2n) is 4.75. The molecule has 0 aliphatic carbocycles. The Kier molecular flexibility index (Phi) is 4.57. The van der Waals surface area contributed by atoms with E-state index in [0.29, 0.717) is 0 Å². The monoisotopic (exact) mass is 293 g/mol. The second kappa shape index (κ2) is 6.57. The van der Waals surface area contributed by atoms with Crippen molar-refractivity contribution in [1.82, 2.24) is 9.78 Å². The molecule has 0 atom stereocenters. The van der Waals surface area contributed by atoms with Crippen molar-refractivity contribution in [2.75, 3.05) is 12.3 Å². The number of nitriles is 2. The van der Waals surface area contributed by atoms with Gasteiger partial charge in [0, 0.05) is 0 Å². The summed E-state index contributed by atoms with van der Waals surface area (Å²) in [5.74, 6) is 0.150. The molecule has 6 nitrogen and oxygen atoms in total. The van der Waals surface area contributed by atoms with Crippen LogP contribution in [0.15, 0.2) is 24.3 Å². The quantitative estimate of drug-likeness (QED) is 0.833. The third-order valence-electron chi connectivity index (χ3n) is 3.18. The smallest absolute Gasteiger partial charge is 0.140 e. The van der Waals surface area contributed by atoms with E-state index in [1.165, 1.54) is 4.68 Å². The molecule has 2 rings (SSSR count). The molecule has 22 heavy (non-hydrogen) atoms. The summed E-state index contributed by atoms with van der Waals surface area (Å²) in [6.45, 7) is 1.99. The Labute approximate surface area is 128 Å². The van der Waals surface area contributed by atoms with E-state index in [4.69, 9.17) is 10.8 Å². The average molecular weight is 293 g/mol. The van der Waals surface area contributed by atoms with Gasteiger partial charge in [0.2, 0.25) is 0 Å². The molecule has 6 heteroatoms. The zero-order chi connectivity index (χ0) is 16.1. The van der Waals surface area contributed by atoms with Crippen LogP contribution in [-0.4, -0.2) is 21.5 Å². The SMILES string of the molecule is Cc1ccc(/C=C(\C#N)c2nn(CCO)c(N)c2C#N)cc1. The van der Waals surface area contributed by atoms with Crippen LogP contribution in [0.1, 0.15) is 22.4 Å². The molecule has 0 saturated carbocycles. The minimum atomic E-state index is -0.153. The van der Waals surface area contributed by atoms with Gasteiger partial charge in [-0.15, -0.1) is 0 Å². The third kappa shape index (κ3) is 2.98. The molecule has 0 fully saturated rings. The Morgan fingerprint density at radius 1 is 1.36 bits per heavy atom. The van der Waals surface area contributed by atoms with Gasteiger partial charge >= 0.3 is 0 Å². The zero-order valence-electron chi connectivity index (χ0n) is 12.1. The van der Waals surface area contributed by atoms with Crippen LogP contribution >= 0.6 is 0 Å². The second-order valence-corrected chi connectivity index (χ2v) is 4.75. The van der Waals surface area contributed by atoms with Crippen molar-refractivity contribution in [3.8, 4) is 12.1 Å². The van der Waals surface area contributed by atoms with Crippen LogP contribution in [0, 0.1) is 29.6 Å². The Hall–Kier alpha value is -3.09. The van der Waals surface area contributed by atoms with E-state index in [0.717, 1.165) is 11.1 Å². The molecule has 1 aromatic heterocycles. The zero-order valence-corrected chi connectivity index (χ0v) is 12.1. The standard InChI is InChI=1S/C16H15N5O/c1-11-2-4-12(5-3-11)8-13(9-17)15-14(10-18)16(19)21(20-15)6-7-22/h2-5,8,22H,6-7,19H2,1H3/b13-8+. The number of hydrogen-bond donors (Lipinski definition) is 2. The first-order valence-corrected chi connectivity index (χ1v) is 6.66. The van der Waals surface area contributed by atoms with Crippen molar-refractivity contribution >= 4 is 17.5 Å². The van der Waals surface area contributed by atoms with Crippen LogP contribution in [0.3, 0.4) is 0 Å². The number of aliphatic hydroxyl groups excluding tert-OH is 1. The molecule has 3 N–H and O–H groups in total. The largest absolute Gasteiger partial charge is 0.394 e. The third-order valence-corrected chi connectivity index (χ3v) is 3.18. The predicted molar refractivity (Wildman–Crippen MR) is 83.1 cm³/mol. The van der Waals surface area contributed by atoms with Gasteiger partial charge in [0.1, 0.15) is 29.2 Å². The number of anilines is 1. The molecule has 1 heterocycles. The number of aliphatic hydroxyl groups is 1. The van der Waals surface area contributed by atoms with Gasteiger partial charge in [0.25, 0.3) is 0 Å². The molecule has 0 aliphatic heterocycles. The highest BCUT2D eigenvalue weighted by Gasteiger charge is 2.18. The number of nitrogens with two attached hydrogens (primary N) is 1. The molecule has 110 valence electrons. The van der Waals surface area contributed by atoms with Gasteiger partial charge in [-0.25, -0.2) is 4.68 Å². The molecule has 0 radical (unpaired) electrons. The number of benzene rings is 1. The summed E-state index contributed by atoms with van der Waals surface area (Å²) < 4.78 is 1.33. The predicted octanol–water partition coefficient (Wildman–Crippen LogP) is 1.70. The molecule has 0 unspecified atom stereocenters. The Bertz CT molecular complexity index is 788. The van der Waals surface area contributed by atoms with E-state index in [1.807, 2.05) is 37.3 Å². The maximum atomic E-state index is 9.38. The van der Waals surface area contributed by atoms with Crippen LogP contribution in [0.2, 0.25) is 0 Å². The van der Waals surface area contributed by atoms with E-state index < -0.39 is 0 Å². The molecule has 0 bridgehead atoms. The van der Waals surface area contributed by atoms with Crippen molar-refractivity contribution in [3.63, 3.8) is 0 Å². The average Bonchev–Trinajstić information content (AvgIpc) is 2.83. The van der Waals surface area contributed by atoms with Gasteiger partial charge in [-0.2, -0.15) is 15.6 Å². The first-order chi connectivity index (χ1) is 10.6. The van der Waals surface area contributed by atoms with E-state index >= 15 is 0 Å².